The van der Waals surface area contributed by atoms with Gasteiger partial charge >= 0.3 is 0 Å². The zero-order valence-electron chi connectivity index (χ0n) is 14.6. The first-order valence-corrected chi connectivity index (χ1v) is 8.25. The van der Waals surface area contributed by atoms with Crippen molar-refractivity contribution >= 4 is 5.91 Å². The number of benzene rings is 1. The summed E-state index contributed by atoms with van der Waals surface area (Å²) in [5.74, 6) is 0.837. The molecule has 5 nitrogen and oxygen atoms in total. The summed E-state index contributed by atoms with van der Waals surface area (Å²) >= 11 is 0. The molecule has 2 aromatic rings. The number of ether oxygens (including phenoxy) is 1. The molecule has 0 aliphatic heterocycles. The van der Waals surface area contributed by atoms with Gasteiger partial charge in [0.05, 0.1) is 7.11 Å². The quantitative estimate of drug-likeness (QED) is 0.810. The van der Waals surface area contributed by atoms with Crippen molar-refractivity contribution in [1.29, 1.82) is 0 Å². The van der Waals surface area contributed by atoms with Crippen molar-refractivity contribution in [3.05, 3.63) is 59.4 Å². The van der Waals surface area contributed by atoms with Gasteiger partial charge in [0.2, 0.25) is 0 Å². The van der Waals surface area contributed by atoms with E-state index >= 15 is 0 Å². The Labute approximate surface area is 143 Å². The van der Waals surface area contributed by atoms with E-state index in [4.69, 9.17) is 4.74 Å². The van der Waals surface area contributed by atoms with Crippen molar-refractivity contribution in [2.45, 2.75) is 26.9 Å². The molecule has 5 heteroatoms. The third kappa shape index (κ3) is 4.80. The number of rotatable bonds is 8. The lowest BCUT2D eigenvalue weighted by atomic mass is 10.2. The van der Waals surface area contributed by atoms with Gasteiger partial charge in [0.15, 0.2) is 0 Å². The van der Waals surface area contributed by atoms with Crippen LogP contribution in [0, 0.1) is 0 Å². The van der Waals surface area contributed by atoms with Crippen molar-refractivity contribution in [3.8, 4) is 5.75 Å². The number of carbonyl (C=O) groups excluding carboxylic acids is 1. The Balaban J connectivity index is 1.93. The molecule has 1 aromatic carbocycles. The van der Waals surface area contributed by atoms with E-state index in [-0.39, 0.29) is 5.91 Å². The van der Waals surface area contributed by atoms with Crippen LogP contribution in [-0.4, -0.2) is 36.0 Å². The first-order chi connectivity index (χ1) is 11.7. The number of nitrogens with zero attached hydrogens (tertiary/aromatic N) is 2. The topological polar surface area (TPSA) is 54.5 Å². The lowest BCUT2D eigenvalue weighted by molar-refractivity contribution is 0.0767. The van der Waals surface area contributed by atoms with Crippen molar-refractivity contribution in [3.63, 3.8) is 0 Å². The lowest BCUT2D eigenvalue weighted by Gasteiger charge is -2.18. The molecular formula is C19H25N3O2. The molecule has 2 rings (SSSR count). The van der Waals surface area contributed by atoms with Gasteiger partial charge in [0, 0.05) is 32.4 Å². The van der Waals surface area contributed by atoms with Crippen LogP contribution in [-0.2, 0) is 13.1 Å². The average molecular weight is 327 g/mol. The zero-order chi connectivity index (χ0) is 17.4. The lowest BCUT2D eigenvalue weighted by Crippen LogP contribution is -2.31. The Morgan fingerprint density at radius 3 is 2.38 bits per heavy atom. The number of carbonyl (C=O) groups is 1. The first-order valence-electron chi connectivity index (χ1n) is 8.25. The molecule has 0 saturated heterocycles. The third-order valence-electron chi connectivity index (χ3n) is 3.91. The van der Waals surface area contributed by atoms with Crippen molar-refractivity contribution in [1.82, 2.24) is 15.2 Å². The predicted octanol–water partition coefficient (Wildman–Crippen LogP) is 2.86. The molecule has 0 atom stereocenters. The Morgan fingerprint density at radius 2 is 1.75 bits per heavy atom. The number of nitrogens with one attached hydrogen (secondary N) is 1. The van der Waals surface area contributed by atoms with Crippen LogP contribution in [0.25, 0.3) is 0 Å². The van der Waals surface area contributed by atoms with Crippen LogP contribution >= 0.6 is 0 Å². The van der Waals surface area contributed by atoms with Crippen molar-refractivity contribution in [2.24, 2.45) is 0 Å². The highest BCUT2D eigenvalue weighted by atomic mass is 16.5. The third-order valence-corrected chi connectivity index (χ3v) is 3.91. The van der Waals surface area contributed by atoms with E-state index in [1.54, 1.807) is 18.2 Å². The van der Waals surface area contributed by atoms with Gasteiger partial charge in [-0.05, 0) is 49.2 Å². The molecule has 0 aliphatic carbocycles. The highest BCUT2D eigenvalue weighted by molar-refractivity contribution is 5.92. The second-order valence-corrected chi connectivity index (χ2v) is 5.48. The normalized spacial score (nSPS) is 10.5. The standard InChI is InChI=1S/C19H25N3O2/c1-4-22(5-2)19(23)18-12-16(10-11-21-18)14-20-13-15-6-8-17(24-3)9-7-15/h6-12,20H,4-5,13-14H2,1-3H3. The largest absolute Gasteiger partial charge is 0.497 e. The molecule has 0 saturated carbocycles. The SMILES string of the molecule is CCN(CC)C(=O)c1cc(CNCc2ccc(OC)cc2)ccn1. The van der Waals surface area contributed by atoms with E-state index in [1.807, 2.05) is 50.2 Å². The Kier molecular flexibility index (Phi) is 6.75. The van der Waals surface area contributed by atoms with Gasteiger partial charge in [-0.25, -0.2) is 0 Å². The van der Waals surface area contributed by atoms with Crippen LogP contribution in [0.5, 0.6) is 5.75 Å². The molecule has 0 fully saturated rings. The van der Waals surface area contributed by atoms with Crippen LogP contribution < -0.4 is 10.1 Å². The summed E-state index contributed by atoms with van der Waals surface area (Å²) in [5.41, 5.74) is 2.74. The second-order valence-electron chi connectivity index (χ2n) is 5.48. The number of amides is 1. The van der Waals surface area contributed by atoms with Gasteiger partial charge in [-0.1, -0.05) is 12.1 Å². The molecule has 0 aliphatic rings. The van der Waals surface area contributed by atoms with Crippen LogP contribution in [0.15, 0.2) is 42.6 Å². The summed E-state index contributed by atoms with van der Waals surface area (Å²) < 4.78 is 5.15. The minimum Gasteiger partial charge on any atom is -0.497 e. The number of aromatic nitrogens is 1. The molecule has 0 bridgehead atoms. The smallest absolute Gasteiger partial charge is 0.272 e. The molecule has 0 spiro atoms. The molecule has 1 amide bonds. The van der Waals surface area contributed by atoms with Crippen LogP contribution in [0.2, 0.25) is 0 Å². The molecular weight excluding hydrogens is 302 g/mol. The fourth-order valence-electron chi connectivity index (χ4n) is 2.47. The van der Waals surface area contributed by atoms with Gasteiger partial charge < -0.3 is 15.0 Å². The van der Waals surface area contributed by atoms with Gasteiger partial charge in [-0.3, -0.25) is 9.78 Å². The molecule has 128 valence electrons. The fraction of sp³-hybridized carbons (Fsp3) is 0.368. The predicted molar refractivity (Wildman–Crippen MR) is 95.0 cm³/mol. The highest BCUT2D eigenvalue weighted by Crippen LogP contribution is 2.11. The summed E-state index contributed by atoms with van der Waals surface area (Å²) in [6.45, 7) is 6.77. The zero-order valence-corrected chi connectivity index (χ0v) is 14.6. The second kappa shape index (κ2) is 9.03. The van der Waals surface area contributed by atoms with E-state index in [1.165, 1.54) is 5.56 Å². The summed E-state index contributed by atoms with van der Waals surface area (Å²) in [7, 11) is 1.66. The minimum absolute atomic E-state index is 0.0167. The molecule has 1 heterocycles. The fourth-order valence-corrected chi connectivity index (χ4v) is 2.47. The molecule has 0 unspecified atom stereocenters. The number of methoxy groups -OCH3 is 1. The molecule has 1 N–H and O–H groups in total. The van der Waals surface area contributed by atoms with Crippen molar-refractivity contribution < 1.29 is 9.53 Å². The Morgan fingerprint density at radius 1 is 1.08 bits per heavy atom. The van der Waals surface area contributed by atoms with Gasteiger partial charge in [-0.2, -0.15) is 0 Å². The summed E-state index contributed by atoms with van der Waals surface area (Å²) in [6, 6.07) is 11.8. The molecule has 0 radical (unpaired) electrons. The van der Waals surface area contributed by atoms with E-state index in [9.17, 15) is 4.79 Å². The van der Waals surface area contributed by atoms with E-state index in [2.05, 4.69) is 10.3 Å². The van der Waals surface area contributed by atoms with Gasteiger partial charge in [-0.15, -0.1) is 0 Å². The average Bonchev–Trinajstić information content (AvgIpc) is 2.63. The van der Waals surface area contributed by atoms with Crippen LogP contribution in [0.1, 0.15) is 35.5 Å². The summed E-state index contributed by atoms with van der Waals surface area (Å²) in [6.07, 6.45) is 1.70. The van der Waals surface area contributed by atoms with E-state index in [0.29, 0.717) is 25.3 Å². The minimum atomic E-state index is -0.0167. The summed E-state index contributed by atoms with van der Waals surface area (Å²) in [4.78, 5) is 18.3. The van der Waals surface area contributed by atoms with E-state index < -0.39 is 0 Å². The van der Waals surface area contributed by atoms with Gasteiger partial charge in [0.1, 0.15) is 11.4 Å². The van der Waals surface area contributed by atoms with Crippen molar-refractivity contribution in [2.75, 3.05) is 20.2 Å². The molecule has 1 aromatic heterocycles. The first kappa shape index (κ1) is 17.9. The molecule has 24 heavy (non-hydrogen) atoms. The maximum Gasteiger partial charge on any atom is 0.272 e. The number of pyridine rings is 1. The maximum absolute atomic E-state index is 12.3. The monoisotopic (exact) mass is 327 g/mol. The van der Waals surface area contributed by atoms with Crippen LogP contribution in [0.4, 0.5) is 0 Å². The highest BCUT2D eigenvalue weighted by Gasteiger charge is 2.13. The van der Waals surface area contributed by atoms with E-state index in [0.717, 1.165) is 17.9 Å². The van der Waals surface area contributed by atoms with Gasteiger partial charge in [0.25, 0.3) is 5.91 Å². The Hall–Kier alpha value is -2.40. The summed E-state index contributed by atoms with van der Waals surface area (Å²) in [5, 5.41) is 3.39. The number of hydrogen-bond donors (Lipinski definition) is 1. The number of hydrogen-bond acceptors (Lipinski definition) is 4. The van der Waals surface area contributed by atoms with Crippen LogP contribution in [0.3, 0.4) is 0 Å². The maximum atomic E-state index is 12.3. The Bertz CT molecular complexity index is 652.